The van der Waals surface area contributed by atoms with Gasteiger partial charge >= 0.3 is 0 Å². The first-order valence-electron chi connectivity index (χ1n) is 4.85. The predicted molar refractivity (Wildman–Crippen MR) is 50.2 cm³/mol. The van der Waals surface area contributed by atoms with E-state index in [-0.39, 0.29) is 6.10 Å². The van der Waals surface area contributed by atoms with E-state index in [0.717, 1.165) is 12.8 Å². The number of nitrogens with zero attached hydrogens (tertiary/aromatic N) is 3. The number of aliphatic hydroxyl groups excluding tert-OH is 1. The van der Waals surface area contributed by atoms with Gasteiger partial charge in [0.2, 0.25) is 0 Å². The Morgan fingerprint density at radius 2 is 2.31 bits per heavy atom. The van der Waals surface area contributed by atoms with Crippen LogP contribution in [0.15, 0.2) is 12.4 Å². The molecule has 1 rings (SSSR count). The molecule has 13 heavy (non-hydrogen) atoms. The lowest BCUT2D eigenvalue weighted by Gasteiger charge is -2.08. The summed E-state index contributed by atoms with van der Waals surface area (Å²) < 4.78 is 1.66. The average Bonchev–Trinajstić information content (AvgIpc) is 2.57. The lowest BCUT2D eigenvalue weighted by atomic mass is 10.1. The van der Waals surface area contributed by atoms with Gasteiger partial charge in [-0.15, -0.1) is 5.10 Å². The van der Waals surface area contributed by atoms with Crippen LogP contribution in [0.2, 0.25) is 0 Å². The second kappa shape index (κ2) is 5.70. The molecule has 1 aromatic heterocycles. The molecular formula is C9H17N3O. The molecule has 1 atom stereocenters. The fourth-order valence-corrected chi connectivity index (χ4v) is 1.27. The average molecular weight is 183 g/mol. The minimum Gasteiger partial charge on any atom is -0.391 e. The third-order valence-corrected chi connectivity index (χ3v) is 2.01. The molecule has 0 amide bonds. The maximum atomic E-state index is 9.56. The highest BCUT2D eigenvalue weighted by Crippen LogP contribution is 2.04. The van der Waals surface area contributed by atoms with E-state index in [9.17, 15) is 5.11 Å². The van der Waals surface area contributed by atoms with Gasteiger partial charge in [0.15, 0.2) is 0 Å². The fourth-order valence-electron chi connectivity index (χ4n) is 1.27. The zero-order valence-corrected chi connectivity index (χ0v) is 8.06. The lowest BCUT2D eigenvalue weighted by Crippen LogP contribution is -2.16. The summed E-state index contributed by atoms with van der Waals surface area (Å²) >= 11 is 0. The summed E-state index contributed by atoms with van der Waals surface area (Å²) in [6.07, 6.45) is 7.43. The number of aliphatic hydroxyl groups is 1. The standard InChI is InChI=1S/C9H17N3O/c1-2-3-4-5-9(13)8-12-7-6-10-11-12/h6-7,9,13H,2-5,8H2,1H3. The molecule has 1 N–H and O–H groups in total. The number of rotatable bonds is 6. The molecule has 1 aromatic rings. The Morgan fingerprint density at radius 3 is 2.92 bits per heavy atom. The first kappa shape index (κ1) is 10.2. The van der Waals surface area contributed by atoms with E-state index in [4.69, 9.17) is 0 Å². The van der Waals surface area contributed by atoms with Crippen molar-refractivity contribution < 1.29 is 5.11 Å². The lowest BCUT2D eigenvalue weighted by molar-refractivity contribution is 0.136. The topological polar surface area (TPSA) is 50.9 Å². The molecule has 1 heterocycles. The highest BCUT2D eigenvalue weighted by molar-refractivity contribution is 4.66. The molecule has 0 aliphatic carbocycles. The molecule has 0 bridgehead atoms. The van der Waals surface area contributed by atoms with E-state index in [0.29, 0.717) is 6.54 Å². The predicted octanol–water partition coefficient (Wildman–Crippen LogP) is 1.22. The smallest absolute Gasteiger partial charge is 0.0736 e. The molecule has 0 aliphatic rings. The second-order valence-corrected chi connectivity index (χ2v) is 3.27. The van der Waals surface area contributed by atoms with Crippen molar-refractivity contribution in [2.75, 3.05) is 0 Å². The molecule has 0 aromatic carbocycles. The fraction of sp³-hybridized carbons (Fsp3) is 0.778. The van der Waals surface area contributed by atoms with Gasteiger partial charge in [-0.25, -0.2) is 4.68 Å². The first-order chi connectivity index (χ1) is 6.33. The maximum Gasteiger partial charge on any atom is 0.0736 e. The first-order valence-corrected chi connectivity index (χ1v) is 4.85. The van der Waals surface area contributed by atoms with Gasteiger partial charge in [0, 0.05) is 6.20 Å². The SMILES string of the molecule is CCCCCC(O)Cn1ccnn1. The van der Waals surface area contributed by atoms with Crippen LogP contribution < -0.4 is 0 Å². The summed E-state index contributed by atoms with van der Waals surface area (Å²) in [4.78, 5) is 0. The van der Waals surface area contributed by atoms with Gasteiger partial charge in [-0.1, -0.05) is 31.4 Å². The highest BCUT2D eigenvalue weighted by atomic mass is 16.3. The summed E-state index contributed by atoms with van der Waals surface area (Å²) in [6.45, 7) is 2.72. The summed E-state index contributed by atoms with van der Waals surface area (Å²) in [6, 6.07) is 0. The molecule has 1 unspecified atom stereocenters. The van der Waals surface area contributed by atoms with E-state index >= 15 is 0 Å². The minimum atomic E-state index is -0.284. The van der Waals surface area contributed by atoms with Crippen LogP contribution in [0.4, 0.5) is 0 Å². The maximum absolute atomic E-state index is 9.56. The number of hydrogen-bond donors (Lipinski definition) is 1. The quantitative estimate of drug-likeness (QED) is 0.675. The van der Waals surface area contributed by atoms with Crippen LogP contribution in [-0.4, -0.2) is 26.2 Å². The third-order valence-electron chi connectivity index (χ3n) is 2.01. The summed E-state index contributed by atoms with van der Waals surface area (Å²) in [5.41, 5.74) is 0. The van der Waals surface area contributed by atoms with Crippen molar-refractivity contribution >= 4 is 0 Å². The van der Waals surface area contributed by atoms with Crippen LogP contribution in [0.25, 0.3) is 0 Å². The molecule has 0 saturated heterocycles. The summed E-state index contributed by atoms with van der Waals surface area (Å²) in [5.74, 6) is 0. The van der Waals surface area contributed by atoms with E-state index in [2.05, 4.69) is 17.2 Å². The Hall–Kier alpha value is -0.900. The normalized spacial score (nSPS) is 13.1. The Balaban J connectivity index is 2.14. The van der Waals surface area contributed by atoms with Crippen LogP contribution in [0.5, 0.6) is 0 Å². The molecule has 4 nitrogen and oxygen atoms in total. The van der Waals surface area contributed by atoms with Crippen LogP contribution in [-0.2, 0) is 6.54 Å². The largest absolute Gasteiger partial charge is 0.391 e. The van der Waals surface area contributed by atoms with Crippen LogP contribution in [0, 0.1) is 0 Å². The molecule has 74 valence electrons. The molecule has 0 saturated carbocycles. The van der Waals surface area contributed by atoms with Crippen molar-refractivity contribution in [2.24, 2.45) is 0 Å². The molecule has 0 radical (unpaired) electrons. The zero-order valence-electron chi connectivity index (χ0n) is 8.06. The van der Waals surface area contributed by atoms with Gasteiger partial charge in [0.05, 0.1) is 18.8 Å². The Bertz CT molecular complexity index is 211. The van der Waals surface area contributed by atoms with Gasteiger partial charge in [0.25, 0.3) is 0 Å². The van der Waals surface area contributed by atoms with E-state index in [1.54, 1.807) is 17.1 Å². The Labute approximate surface area is 78.6 Å². The monoisotopic (exact) mass is 183 g/mol. The number of unbranched alkanes of at least 4 members (excludes halogenated alkanes) is 2. The van der Waals surface area contributed by atoms with Gasteiger partial charge in [-0.05, 0) is 6.42 Å². The second-order valence-electron chi connectivity index (χ2n) is 3.27. The van der Waals surface area contributed by atoms with Crippen molar-refractivity contribution in [1.82, 2.24) is 15.0 Å². The van der Waals surface area contributed by atoms with E-state index in [1.165, 1.54) is 12.8 Å². The summed E-state index contributed by atoms with van der Waals surface area (Å²) in [5, 5.41) is 17.0. The van der Waals surface area contributed by atoms with E-state index < -0.39 is 0 Å². The molecule has 0 spiro atoms. The highest BCUT2D eigenvalue weighted by Gasteiger charge is 2.04. The van der Waals surface area contributed by atoms with Gasteiger partial charge in [-0.3, -0.25) is 0 Å². The summed E-state index contributed by atoms with van der Waals surface area (Å²) in [7, 11) is 0. The molecule has 4 heteroatoms. The van der Waals surface area contributed by atoms with Gasteiger partial charge in [0.1, 0.15) is 0 Å². The Kier molecular flexibility index (Phi) is 4.46. The van der Waals surface area contributed by atoms with Crippen LogP contribution >= 0.6 is 0 Å². The van der Waals surface area contributed by atoms with Crippen molar-refractivity contribution in [2.45, 2.75) is 45.3 Å². The van der Waals surface area contributed by atoms with E-state index in [1.807, 2.05) is 0 Å². The van der Waals surface area contributed by atoms with Crippen LogP contribution in [0.1, 0.15) is 32.6 Å². The third kappa shape index (κ3) is 4.03. The Morgan fingerprint density at radius 1 is 1.46 bits per heavy atom. The van der Waals surface area contributed by atoms with Crippen LogP contribution in [0.3, 0.4) is 0 Å². The van der Waals surface area contributed by atoms with Gasteiger partial charge in [-0.2, -0.15) is 0 Å². The van der Waals surface area contributed by atoms with Crippen molar-refractivity contribution in [3.8, 4) is 0 Å². The molecular weight excluding hydrogens is 166 g/mol. The van der Waals surface area contributed by atoms with Crippen molar-refractivity contribution in [3.05, 3.63) is 12.4 Å². The molecule has 0 fully saturated rings. The minimum absolute atomic E-state index is 0.284. The van der Waals surface area contributed by atoms with Crippen molar-refractivity contribution in [3.63, 3.8) is 0 Å². The van der Waals surface area contributed by atoms with Crippen molar-refractivity contribution in [1.29, 1.82) is 0 Å². The molecule has 0 aliphatic heterocycles. The number of hydrogen-bond acceptors (Lipinski definition) is 3. The van der Waals surface area contributed by atoms with Gasteiger partial charge < -0.3 is 5.11 Å². The number of aromatic nitrogens is 3. The zero-order chi connectivity index (χ0) is 9.52.